The monoisotopic (exact) mass is 294 g/mol. The van der Waals surface area contributed by atoms with Gasteiger partial charge in [-0.25, -0.2) is 4.98 Å². The Kier molecular flexibility index (Phi) is 3.68. The highest BCUT2D eigenvalue weighted by Gasteiger charge is 2.21. The summed E-state index contributed by atoms with van der Waals surface area (Å²) in [6.45, 7) is 6.24. The number of nitrogens with two attached hydrogens (primary N) is 1. The van der Waals surface area contributed by atoms with Gasteiger partial charge < -0.3 is 20.1 Å². The Bertz CT molecular complexity index is 587. The first-order chi connectivity index (χ1) is 9.67. The quantitative estimate of drug-likeness (QED) is 0.892. The third-order valence-electron chi connectivity index (χ3n) is 3.41. The second-order valence-electron chi connectivity index (χ2n) is 4.92. The average molecular weight is 294 g/mol. The summed E-state index contributed by atoms with van der Waals surface area (Å²) < 4.78 is 5.38. The predicted octanol–water partition coefficient (Wildman–Crippen LogP) is 0.712. The minimum Gasteiger partial charge on any atom is -0.336 e. The number of hydrogen-bond acceptors (Lipinski definition) is 8. The Hall–Kier alpha value is -1.51. The van der Waals surface area contributed by atoms with Gasteiger partial charge in [-0.15, -0.1) is 11.3 Å². The van der Waals surface area contributed by atoms with Gasteiger partial charge in [-0.1, -0.05) is 0 Å². The first-order valence-electron chi connectivity index (χ1n) is 6.61. The van der Waals surface area contributed by atoms with Crippen LogP contribution in [0.4, 0.5) is 5.95 Å². The number of piperazine rings is 1. The fourth-order valence-electron chi connectivity index (χ4n) is 2.18. The summed E-state index contributed by atoms with van der Waals surface area (Å²) in [5.41, 5.74) is 6.51. The number of nitrogens with zero attached hydrogens (tertiary/aromatic N) is 5. The molecule has 1 aliphatic rings. The number of rotatable bonds is 3. The summed E-state index contributed by atoms with van der Waals surface area (Å²) in [5.74, 6) is 1.20. The molecule has 0 bridgehead atoms. The number of likely N-dealkylation sites (N-methyl/N-ethyl adjacent to an activating group) is 1. The molecule has 108 valence electrons. The van der Waals surface area contributed by atoms with E-state index in [-0.39, 0.29) is 0 Å². The van der Waals surface area contributed by atoms with Gasteiger partial charge in [0, 0.05) is 32.7 Å². The highest BCUT2D eigenvalue weighted by Crippen LogP contribution is 2.29. The summed E-state index contributed by atoms with van der Waals surface area (Å²) in [5, 5.41) is 4.97. The van der Waals surface area contributed by atoms with E-state index in [9.17, 15) is 0 Å². The molecule has 2 aromatic heterocycles. The van der Waals surface area contributed by atoms with Gasteiger partial charge in [-0.3, -0.25) is 0 Å². The molecular formula is C12H18N6OS. The van der Waals surface area contributed by atoms with Gasteiger partial charge in [0.15, 0.2) is 0 Å². The molecule has 0 aromatic carbocycles. The van der Waals surface area contributed by atoms with E-state index in [1.54, 1.807) is 0 Å². The standard InChI is InChI=1S/C12H18N6OS/c1-8-10(20-9(7-13)14-8)11-15-12(16-19-11)18-5-3-17(2)4-6-18/h3-7,13H2,1-2H3. The first kappa shape index (κ1) is 13.5. The topological polar surface area (TPSA) is 84.3 Å². The van der Waals surface area contributed by atoms with Gasteiger partial charge in [0.05, 0.1) is 5.69 Å². The lowest BCUT2D eigenvalue weighted by molar-refractivity contribution is 0.309. The largest absolute Gasteiger partial charge is 0.336 e. The molecule has 2 N–H and O–H groups in total. The van der Waals surface area contributed by atoms with Crippen molar-refractivity contribution in [3.05, 3.63) is 10.7 Å². The van der Waals surface area contributed by atoms with Crippen LogP contribution in [0.2, 0.25) is 0 Å². The molecular weight excluding hydrogens is 276 g/mol. The molecule has 0 aliphatic carbocycles. The van der Waals surface area contributed by atoms with E-state index in [0.29, 0.717) is 18.4 Å². The molecule has 8 heteroatoms. The van der Waals surface area contributed by atoms with E-state index in [4.69, 9.17) is 10.3 Å². The molecule has 0 radical (unpaired) electrons. The summed E-state index contributed by atoms with van der Waals surface area (Å²) in [6.07, 6.45) is 0. The van der Waals surface area contributed by atoms with Crippen LogP contribution in [0, 0.1) is 6.92 Å². The van der Waals surface area contributed by atoms with Gasteiger partial charge >= 0.3 is 0 Å². The van der Waals surface area contributed by atoms with Gasteiger partial charge in [-0.05, 0) is 19.1 Å². The Morgan fingerprint density at radius 2 is 2.00 bits per heavy atom. The number of anilines is 1. The summed E-state index contributed by atoms with van der Waals surface area (Å²) in [7, 11) is 2.12. The second-order valence-corrected chi connectivity index (χ2v) is 6.00. The zero-order chi connectivity index (χ0) is 14.1. The number of thiazole rings is 1. The third-order valence-corrected chi connectivity index (χ3v) is 4.58. The van der Waals surface area contributed by atoms with Crippen molar-refractivity contribution in [2.45, 2.75) is 13.5 Å². The third kappa shape index (κ3) is 2.54. The maximum absolute atomic E-state index is 5.61. The van der Waals surface area contributed by atoms with E-state index in [0.717, 1.165) is 41.8 Å². The molecule has 0 saturated carbocycles. The Morgan fingerprint density at radius 1 is 1.25 bits per heavy atom. The van der Waals surface area contributed by atoms with Crippen LogP contribution in [0.15, 0.2) is 4.52 Å². The van der Waals surface area contributed by atoms with Gasteiger partial charge in [0.25, 0.3) is 11.8 Å². The van der Waals surface area contributed by atoms with E-state index in [1.165, 1.54) is 11.3 Å². The van der Waals surface area contributed by atoms with Gasteiger partial charge in [0.1, 0.15) is 9.88 Å². The fourth-order valence-corrected chi connectivity index (χ4v) is 3.05. The molecule has 2 aromatic rings. The van der Waals surface area contributed by atoms with E-state index in [2.05, 4.69) is 32.0 Å². The lowest BCUT2D eigenvalue weighted by Crippen LogP contribution is -2.44. The minimum atomic E-state index is 0.435. The van der Waals surface area contributed by atoms with Crippen LogP contribution in [0.1, 0.15) is 10.7 Å². The molecule has 1 aliphatic heterocycles. The van der Waals surface area contributed by atoms with E-state index in [1.807, 2.05) is 6.92 Å². The maximum atomic E-state index is 5.61. The number of aromatic nitrogens is 3. The molecule has 3 heterocycles. The number of hydrogen-bond donors (Lipinski definition) is 1. The van der Waals surface area contributed by atoms with Crippen LogP contribution in [-0.2, 0) is 6.54 Å². The molecule has 3 rings (SSSR count). The molecule has 0 spiro atoms. The lowest BCUT2D eigenvalue weighted by Gasteiger charge is -2.31. The van der Waals surface area contributed by atoms with E-state index < -0.39 is 0 Å². The van der Waals surface area contributed by atoms with Gasteiger partial charge in [-0.2, -0.15) is 4.98 Å². The lowest BCUT2D eigenvalue weighted by atomic mass is 10.3. The van der Waals surface area contributed by atoms with Crippen LogP contribution >= 0.6 is 11.3 Å². The SMILES string of the molecule is Cc1nc(CN)sc1-c1nc(N2CCN(C)CC2)no1. The van der Waals surface area contributed by atoms with Crippen molar-refractivity contribution >= 4 is 17.3 Å². The zero-order valence-corrected chi connectivity index (χ0v) is 12.5. The molecule has 20 heavy (non-hydrogen) atoms. The normalized spacial score (nSPS) is 16.9. The summed E-state index contributed by atoms with van der Waals surface area (Å²) in [4.78, 5) is 14.2. The van der Waals surface area contributed by atoms with Crippen molar-refractivity contribution in [1.29, 1.82) is 0 Å². The Labute approximate surface area is 121 Å². The Morgan fingerprint density at radius 3 is 2.65 bits per heavy atom. The van der Waals surface area contributed by atoms with Crippen LogP contribution < -0.4 is 10.6 Å². The zero-order valence-electron chi connectivity index (χ0n) is 11.7. The predicted molar refractivity (Wildman–Crippen MR) is 77.7 cm³/mol. The highest BCUT2D eigenvalue weighted by atomic mass is 32.1. The minimum absolute atomic E-state index is 0.435. The fraction of sp³-hybridized carbons (Fsp3) is 0.583. The molecule has 0 amide bonds. The van der Waals surface area contributed by atoms with Crippen LogP contribution in [0.3, 0.4) is 0 Å². The van der Waals surface area contributed by atoms with Gasteiger partial charge in [0.2, 0.25) is 0 Å². The second kappa shape index (κ2) is 5.47. The smallest absolute Gasteiger partial charge is 0.271 e. The van der Waals surface area contributed by atoms with E-state index >= 15 is 0 Å². The highest BCUT2D eigenvalue weighted by molar-refractivity contribution is 7.15. The van der Waals surface area contributed by atoms with Crippen molar-refractivity contribution < 1.29 is 4.52 Å². The van der Waals surface area contributed by atoms with Crippen molar-refractivity contribution in [1.82, 2.24) is 20.0 Å². The number of aryl methyl sites for hydroxylation is 1. The summed E-state index contributed by atoms with van der Waals surface area (Å²) in [6, 6.07) is 0. The van der Waals surface area contributed by atoms with Crippen molar-refractivity contribution in [3.8, 4) is 10.8 Å². The van der Waals surface area contributed by atoms with Crippen LogP contribution in [-0.4, -0.2) is 53.3 Å². The Balaban J connectivity index is 1.81. The average Bonchev–Trinajstić information content (AvgIpc) is 3.06. The van der Waals surface area contributed by atoms with Crippen LogP contribution in [0.5, 0.6) is 0 Å². The molecule has 0 atom stereocenters. The van der Waals surface area contributed by atoms with Crippen LogP contribution in [0.25, 0.3) is 10.8 Å². The van der Waals surface area contributed by atoms with Crippen molar-refractivity contribution in [2.75, 3.05) is 38.1 Å². The van der Waals surface area contributed by atoms with Crippen molar-refractivity contribution in [2.24, 2.45) is 5.73 Å². The molecule has 1 saturated heterocycles. The summed E-state index contributed by atoms with van der Waals surface area (Å²) >= 11 is 1.51. The first-order valence-corrected chi connectivity index (χ1v) is 7.43. The van der Waals surface area contributed by atoms with Crippen molar-refractivity contribution in [3.63, 3.8) is 0 Å². The molecule has 7 nitrogen and oxygen atoms in total. The maximum Gasteiger partial charge on any atom is 0.271 e. The molecule has 1 fully saturated rings. The molecule has 0 unspecified atom stereocenters.